The molecule has 6 nitrogen and oxygen atoms in total. The topological polar surface area (TPSA) is 77.7 Å². The van der Waals surface area contributed by atoms with Gasteiger partial charge in [0.2, 0.25) is 0 Å². The van der Waals surface area contributed by atoms with Gasteiger partial charge in [-0.25, -0.2) is 4.98 Å². The van der Waals surface area contributed by atoms with Crippen molar-refractivity contribution in [3.8, 4) is 0 Å². The van der Waals surface area contributed by atoms with Crippen LogP contribution in [0.1, 0.15) is 6.92 Å². The summed E-state index contributed by atoms with van der Waals surface area (Å²) in [5.74, 6) is 0.390. The lowest BCUT2D eigenvalue weighted by atomic mass is 10.3. The van der Waals surface area contributed by atoms with Crippen molar-refractivity contribution in [2.75, 3.05) is 44.0 Å². The van der Waals surface area contributed by atoms with Crippen molar-refractivity contribution >= 4 is 17.5 Å². The third-order valence-corrected chi connectivity index (χ3v) is 2.29. The first-order valence-corrected chi connectivity index (χ1v) is 5.78. The minimum absolute atomic E-state index is 0.147. The molecule has 18 heavy (non-hydrogen) atoms. The molecule has 2 N–H and O–H groups in total. The van der Waals surface area contributed by atoms with E-state index in [4.69, 9.17) is 15.2 Å². The van der Waals surface area contributed by atoms with Gasteiger partial charge in [-0.3, -0.25) is 4.79 Å². The standard InChI is InChI=1S/C12H19N3O3/c1-3-18-12(16)9-15(6-7-17-2)11-5-4-10(13)8-14-11/h4-5,8H,3,6-7,9,13H2,1-2H3. The molecule has 0 spiro atoms. The number of nitrogen functional groups attached to an aromatic ring is 1. The first-order chi connectivity index (χ1) is 8.67. The number of hydrogen-bond donors (Lipinski definition) is 1. The van der Waals surface area contributed by atoms with Crippen molar-refractivity contribution in [2.45, 2.75) is 6.92 Å². The highest BCUT2D eigenvalue weighted by Crippen LogP contribution is 2.12. The lowest BCUT2D eigenvalue weighted by molar-refractivity contribution is -0.141. The highest BCUT2D eigenvalue weighted by Gasteiger charge is 2.13. The van der Waals surface area contributed by atoms with Crippen LogP contribution in [-0.2, 0) is 14.3 Å². The normalized spacial score (nSPS) is 10.1. The minimum atomic E-state index is -0.285. The minimum Gasteiger partial charge on any atom is -0.465 e. The van der Waals surface area contributed by atoms with Crippen LogP contribution in [0, 0.1) is 0 Å². The summed E-state index contributed by atoms with van der Waals surface area (Å²) in [5.41, 5.74) is 6.16. The summed E-state index contributed by atoms with van der Waals surface area (Å²) in [5, 5.41) is 0. The van der Waals surface area contributed by atoms with E-state index in [2.05, 4.69) is 4.98 Å². The van der Waals surface area contributed by atoms with Gasteiger partial charge in [-0.15, -0.1) is 0 Å². The monoisotopic (exact) mass is 253 g/mol. The molecule has 0 unspecified atom stereocenters. The lowest BCUT2D eigenvalue weighted by Gasteiger charge is -2.22. The SMILES string of the molecule is CCOC(=O)CN(CCOC)c1ccc(N)cn1. The van der Waals surface area contributed by atoms with E-state index in [9.17, 15) is 4.79 Å². The van der Waals surface area contributed by atoms with Crippen LogP contribution in [-0.4, -0.2) is 44.4 Å². The molecule has 1 aromatic heterocycles. The molecule has 6 heteroatoms. The van der Waals surface area contributed by atoms with Crippen molar-refractivity contribution in [3.63, 3.8) is 0 Å². The van der Waals surface area contributed by atoms with Crippen LogP contribution < -0.4 is 10.6 Å². The van der Waals surface area contributed by atoms with Gasteiger partial charge in [0.05, 0.1) is 25.1 Å². The zero-order valence-electron chi connectivity index (χ0n) is 10.8. The fourth-order valence-electron chi connectivity index (χ4n) is 1.42. The molecule has 0 saturated heterocycles. The summed E-state index contributed by atoms with van der Waals surface area (Å²) in [7, 11) is 1.61. The molecule has 0 saturated carbocycles. The number of ether oxygens (including phenoxy) is 2. The van der Waals surface area contributed by atoms with E-state index >= 15 is 0 Å². The van der Waals surface area contributed by atoms with Crippen molar-refractivity contribution in [3.05, 3.63) is 18.3 Å². The number of hydrogen-bond acceptors (Lipinski definition) is 6. The predicted octanol–water partition coefficient (Wildman–Crippen LogP) is 0.680. The van der Waals surface area contributed by atoms with E-state index in [-0.39, 0.29) is 12.5 Å². The van der Waals surface area contributed by atoms with E-state index in [0.717, 1.165) is 0 Å². The number of esters is 1. The van der Waals surface area contributed by atoms with Crippen LogP contribution in [0.2, 0.25) is 0 Å². The largest absolute Gasteiger partial charge is 0.465 e. The van der Waals surface area contributed by atoms with E-state index < -0.39 is 0 Å². The second-order valence-electron chi connectivity index (χ2n) is 3.67. The first kappa shape index (κ1) is 14.2. The molecular weight excluding hydrogens is 234 g/mol. The Bertz CT molecular complexity index is 367. The number of nitrogens with two attached hydrogens (primary N) is 1. The second-order valence-corrected chi connectivity index (χ2v) is 3.67. The molecule has 1 rings (SSSR count). The van der Waals surface area contributed by atoms with Gasteiger partial charge in [-0.2, -0.15) is 0 Å². The number of anilines is 2. The van der Waals surface area contributed by atoms with Gasteiger partial charge in [-0.05, 0) is 19.1 Å². The van der Waals surface area contributed by atoms with E-state index in [1.54, 1.807) is 37.3 Å². The van der Waals surface area contributed by atoms with Gasteiger partial charge in [0.25, 0.3) is 0 Å². The molecule has 0 aliphatic carbocycles. The van der Waals surface area contributed by atoms with Gasteiger partial charge in [0.15, 0.2) is 0 Å². The molecule has 0 atom stereocenters. The molecule has 1 heterocycles. The third kappa shape index (κ3) is 4.58. The average Bonchev–Trinajstić information content (AvgIpc) is 2.36. The van der Waals surface area contributed by atoms with Gasteiger partial charge in [0, 0.05) is 13.7 Å². The number of pyridine rings is 1. The molecular formula is C12H19N3O3. The van der Waals surface area contributed by atoms with Crippen LogP contribution in [0.5, 0.6) is 0 Å². The van der Waals surface area contributed by atoms with Crippen LogP contribution in [0.25, 0.3) is 0 Å². The molecule has 0 bridgehead atoms. The average molecular weight is 253 g/mol. The molecule has 1 aromatic rings. The summed E-state index contributed by atoms with van der Waals surface area (Å²) >= 11 is 0. The van der Waals surface area contributed by atoms with Crippen molar-refractivity contribution < 1.29 is 14.3 Å². The third-order valence-electron chi connectivity index (χ3n) is 2.29. The van der Waals surface area contributed by atoms with Crippen LogP contribution in [0.4, 0.5) is 11.5 Å². The number of carbonyl (C=O) groups excluding carboxylic acids is 1. The number of rotatable bonds is 7. The Hall–Kier alpha value is -1.82. The second kappa shape index (κ2) is 7.50. The quantitative estimate of drug-likeness (QED) is 0.720. The Morgan fingerprint density at radius 1 is 1.50 bits per heavy atom. The molecule has 0 aliphatic heterocycles. The summed E-state index contributed by atoms with van der Waals surface area (Å²) < 4.78 is 9.94. The van der Waals surface area contributed by atoms with Crippen LogP contribution >= 0.6 is 0 Å². The summed E-state index contributed by atoms with van der Waals surface area (Å²) in [6.45, 7) is 3.36. The molecule has 0 amide bonds. The zero-order valence-corrected chi connectivity index (χ0v) is 10.8. The Balaban J connectivity index is 2.70. The first-order valence-electron chi connectivity index (χ1n) is 5.78. The van der Waals surface area contributed by atoms with Gasteiger partial charge < -0.3 is 20.1 Å². The van der Waals surface area contributed by atoms with Crippen molar-refractivity contribution in [1.29, 1.82) is 0 Å². The lowest BCUT2D eigenvalue weighted by Crippen LogP contribution is -2.34. The maximum atomic E-state index is 11.5. The van der Waals surface area contributed by atoms with E-state index in [1.165, 1.54) is 0 Å². The fourth-order valence-corrected chi connectivity index (χ4v) is 1.42. The maximum absolute atomic E-state index is 11.5. The Morgan fingerprint density at radius 2 is 2.28 bits per heavy atom. The predicted molar refractivity (Wildman–Crippen MR) is 69.4 cm³/mol. The maximum Gasteiger partial charge on any atom is 0.325 e. The van der Waals surface area contributed by atoms with Gasteiger partial charge in [0.1, 0.15) is 12.4 Å². The summed E-state index contributed by atoms with van der Waals surface area (Å²) in [4.78, 5) is 17.5. The van der Waals surface area contributed by atoms with Crippen LogP contribution in [0.15, 0.2) is 18.3 Å². The zero-order chi connectivity index (χ0) is 13.4. The molecule has 0 fully saturated rings. The number of methoxy groups -OCH3 is 1. The Morgan fingerprint density at radius 3 is 2.83 bits per heavy atom. The Labute approximate surface area is 107 Å². The van der Waals surface area contributed by atoms with Gasteiger partial charge in [-0.1, -0.05) is 0 Å². The summed E-state index contributed by atoms with van der Waals surface area (Å²) in [6, 6.07) is 3.51. The number of nitrogens with zero attached hydrogens (tertiary/aromatic N) is 2. The Kier molecular flexibility index (Phi) is 5.93. The summed E-state index contributed by atoms with van der Waals surface area (Å²) in [6.07, 6.45) is 1.56. The molecule has 0 aliphatic rings. The fraction of sp³-hybridized carbons (Fsp3) is 0.500. The smallest absolute Gasteiger partial charge is 0.325 e. The molecule has 0 aromatic carbocycles. The van der Waals surface area contributed by atoms with E-state index in [1.807, 2.05) is 0 Å². The van der Waals surface area contributed by atoms with Gasteiger partial charge >= 0.3 is 5.97 Å². The van der Waals surface area contributed by atoms with Crippen molar-refractivity contribution in [1.82, 2.24) is 4.98 Å². The van der Waals surface area contributed by atoms with E-state index in [0.29, 0.717) is 31.3 Å². The highest BCUT2D eigenvalue weighted by atomic mass is 16.5. The molecule has 0 radical (unpaired) electrons. The van der Waals surface area contributed by atoms with Crippen molar-refractivity contribution in [2.24, 2.45) is 0 Å². The number of aromatic nitrogens is 1. The van der Waals surface area contributed by atoms with Crippen LogP contribution in [0.3, 0.4) is 0 Å². The highest BCUT2D eigenvalue weighted by molar-refractivity contribution is 5.75. The molecule has 100 valence electrons. The number of carbonyl (C=O) groups is 1.